The molecule has 2 aromatic rings. The van der Waals surface area contributed by atoms with Gasteiger partial charge in [0.2, 0.25) is 0 Å². The number of H-pyrrole nitrogens is 1. The van der Waals surface area contributed by atoms with E-state index in [0.29, 0.717) is 12.1 Å². The van der Waals surface area contributed by atoms with Crippen LogP contribution in [0.2, 0.25) is 0 Å². The monoisotopic (exact) mass is 184 g/mol. The van der Waals surface area contributed by atoms with Crippen molar-refractivity contribution in [3.63, 3.8) is 0 Å². The summed E-state index contributed by atoms with van der Waals surface area (Å²) < 4.78 is 0. The zero-order valence-corrected chi connectivity index (χ0v) is 7.42. The van der Waals surface area contributed by atoms with Crippen molar-refractivity contribution in [2.24, 2.45) is 0 Å². The van der Waals surface area contributed by atoms with E-state index in [-0.39, 0.29) is 0 Å². The van der Waals surface area contributed by atoms with Crippen LogP contribution in [0.1, 0.15) is 5.56 Å². The van der Waals surface area contributed by atoms with Gasteiger partial charge in [-0.15, -0.1) is 0 Å². The van der Waals surface area contributed by atoms with Crippen LogP contribution in [0.15, 0.2) is 30.1 Å². The van der Waals surface area contributed by atoms with Gasteiger partial charge in [0.15, 0.2) is 0 Å². The van der Waals surface area contributed by atoms with E-state index in [1.807, 2.05) is 30.3 Å². The molecule has 0 radical (unpaired) electrons. The highest BCUT2D eigenvalue weighted by Gasteiger charge is 2.18. The normalized spacial score (nSPS) is 13.9. The Morgan fingerprint density at radius 3 is 3.07 bits per heavy atom. The Hall–Kier alpha value is -1.99. The van der Waals surface area contributed by atoms with Crippen LogP contribution in [0, 0.1) is 0 Å². The molecule has 0 saturated heterocycles. The first kappa shape index (κ1) is 7.42. The maximum Gasteiger partial charge on any atom is 0.146 e. The van der Waals surface area contributed by atoms with Crippen LogP contribution in [-0.4, -0.2) is 10.9 Å². The fourth-order valence-corrected chi connectivity index (χ4v) is 1.95. The molecule has 0 unspecified atom stereocenters. The number of fused-ring (bicyclic) bond motifs is 3. The molecule has 68 valence electrons. The van der Waals surface area contributed by atoms with Crippen molar-refractivity contribution in [3.8, 4) is 0 Å². The topological polar surface area (TPSA) is 44.9 Å². The van der Waals surface area contributed by atoms with Crippen LogP contribution in [0.3, 0.4) is 0 Å². The largest absolute Gasteiger partial charge is 0.361 e. The second-order valence-corrected chi connectivity index (χ2v) is 3.41. The molecule has 0 atom stereocenters. The van der Waals surface area contributed by atoms with Crippen LogP contribution >= 0.6 is 0 Å². The summed E-state index contributed by atoms with van der Waals surface area (Å²) in [4.78, 5) is 13.7. The Balaban J connectivity index is 2.34. The van der Waals surface area contributed by atoms with Gasteiger partial charge >= 0.3 is 0 Å². The standard InChI is InChI=1S/C11H8N2O/c14-6-7-5-9-8-3-4-12-10(8)1-2-11(9)13-7/h1-4,12-13H,5H2. The van der Waals surface area contributed by atoms with Crippen molar-refractivity contribution >= 4 is 22.5 Å². The van der Waals surface area contributed by atoms with Gasteiger partial charge in [-0.3, -0.25) is 0 Å². The fourth-order valence-electron chi connectivity index (χ4n) is 1.95. The van der Waals surface area contributed by atoms with E-state index < -0.39 is 0 Å². The number of carbonyl (C=O) groups excluding carboxylic acids is 1. The van der Waals surface area contributed by atoms with Crippen LogP contribution < -0.4 is 5.32 Å². The quantitative estimate of drug-likeness (QED) is 0.614. The molecular formula is C11H8N2O. The molecule has 0 spiro atoms. The summed E-state index contributed by atoms with van der Waals surface area (Å²) in [6.07, 6.45) is 2.57. The predicted octanol–water partition coefficient (Wildman–Crippen LogP) is 1.85. The minimum atomic E-state index is 0.619. The van der Waals surface area contributed by atoms with E-state index in [1.165, 1.54) is 10.9 Å². The number of hydrogen-bond donors (Lipinski definition) is 2. The molecule has 2 N–H and O–H groups in total. The predicted molar refractivity (Wildman–Crippen MR) is 54.8 cm³/mol. The highest BCUT2D eigenvalue weighted by Crippen LogP contribution is 2.32. The van der Waals surface area contributed by atoms with Crippen molar-refractivity contribution in [2.75, 3.05) is 5.32 Å². The summed E-state index contributed by atoms with van der Waals surface area (Å²) in [7, 11) is 0. The van der Waals surface area contributed by atoms with Crippen molar-refractivity contribution in [1.29, 1.82) is 0 Å². The lowest BCUT2D eigenvalue weighted by Gasteiger charge is -1.98. The molecule has 14 heavy (non-hydrogen) atoms. The second kappa shape index (κ2) is 2.50. The third-order valence-corrected chi connectivity index (χ3v) is 2.61. The number of allylic oxidation sites excluding steroid dienone is 1. The average Bonchev–Trinajstić information content (AvgIpc) is 2.82. The fraction of sp³-hybridized carbons (Fsp3) is 0.0909. The lowest BCUT2D eigenvalue weighted by Crippen LogP contribution is -1.90. The molecule has 3 rings (SSSR count). The van der Waals surface area contributed by atoms with Crippen molar-refractivity contribution in [1.82, 2.24) is 4.98 Å². The molecule has 0 aliphatic carbocycles. The van der Waals surface area contributed by atoms with Gasteiger partial charge in [0, 0.05) is 29.2 Å². The Morgan fingerprint density at radius 1 is 1.29 bits per heavy atom. The highest BCUT2D eigenvalue weighted by atomic mass is 16.1. The maximum atomic E-state index is 10.5. The summed E-state index contributed by atoms with van der Waals surface area (Å²) >= 11 is 0. The molecule has 1 aromatic carbocycles. The van der Waals surface area contributed by atoms with E-state index in [1.54, 1.807) is 0 Å². The molecule has 3 nitrogen and oxygen atoms in total. The summed E-state index contributed by atoms with van der Waals surface area (Å²) in [6, 6.07) is 6.02. The van der Waals surface area contributed by atoms with Gasteiger partial charge in [0.05, 0.1) is 0 Å². The van der Waals surface area contributed by atoms with E-state index in [2.05, 4.69) is 10.3 Å². The van der Waals surface area contributed by atoms with E-state index in [9.17, 15) is 4.79 Å². The number of aromatic amines is 1. The molecule has 0 bridgehead atoms. The SMILES string of the molecule is O=C=C1Cc2c(ccc3[nH]ccc23)N1. The van der Waals surface area contributed by atoms with Crippen LogP contribution in [0.4, 0.5) is 5.69 Å². The van der Waals surface area contributed by atoms with E-state index >= 15 is 0 Å². The number of anilines is 1. The Bertz CT molecular complexity index is 562. The summed E-state index contributed by atoms with van der Waals surface area (Å²) in [5, 5.41) is 4.23. The maximum absolute atomic E-state index is 10.5. The summed E-state index contributed by atoms with van der Waals surface area (Å²) in [6.45, 7) is 0. The molecule has 2 heterocycles. The average molecular weight is 184 g/mol. The van der Waals surface area contributed by atoms with Gasteiger partial charge in [0.25, 0.3) is 0 Å². The minimum Gasteiger partial charge on any atom is -0.361 e. The van der Waals surface area contributed by atoms with Crippen molar-refractivity contribution in [3.05, 3.63) is 35.7 Å². The van der Waals surface area contributed by atoms with Gasteiger partial charge in [0.1, 0.15) is 11.6 Å². The molecular weight excluding hydrogens is 176 g/mol. The molecule has 1 aromatic heterocycles. The third-order valence-electron chi connectivity index (χ3n) is 2.61. The highest BCUT2D eigenvalue weighted by molar-refractivity contribution is 5.91. The zero-order valence-electron chi connectivity index (χ0n) is 7.42. The van der Waals surface area contributed by atoms with Crippen molar-refractivity contribution < 1.29 is 4.79 Å². The first-order valence-corrected chi connectivity index (χ1v) is 4.48. The molecule has 0 saturated carbocycles. The van der Waals surface area contributed by atoms with Gasteiger partial charge in [-0.2, -0.15) is 0 Å². The van der Waals surface area contributed by atoms with E-state index in [0.717, 1.165) is 11.2 Å². The summed E-state index contributed by atoms with van der Waals surface area (Å²) in [5.74, 6) is 1.91. The lowest BCUT2D eigenvalue weighted by molar-refractivity contribution is 0.567. The Morgan fingerprint density at radius 2 is 2.21 bits per heavy atom. The van der Waals surface area contributed by atoms with Crippen LogP contribution in [0.5, 0.6) is 0 Å². The molecule has 0 fully saturated rings. The Kier molecular flexibility index (Phi) is 1.32. The Labute approximate surface area is 80.4 Å². The van der Waals surface area contributed by atoms with Gasteiger partial charge in [-0.1, -0.05) is 0 Å². The zero-order chi connectivity index (χ0) is 9.54. The van der Waals surface area contributed by atoms with Gasteiger partial charge < -0.3 is 10.3 Å². The summed E-state index contributed by atoms with van der Waals surface area (Å²) in [5.41, 5.74) is 3.93. The van der Waals surface area contributed by atoms with Crippen LogP contribution in [0.25, 0.3) is 10.9 Å². The second-order valence-electron chi connectivity index (χ2n) is 3.41. The number of nitrogens with one attached hydrogen (secondary N) is 2. The van der Waals surface area contributed by atoms with E-state index in [4.69, 9.17) is 0 Å². The number of rotatable bonds is 0. The molecule has 3 heteroatoms. The number of aromatic nitrogens is 1. The smallest absolute Gasteiger partial charge is 0.146 e. The lowest BCUT2D eigenvalue weighted by atomic mass is 10.1. The molecule has 1 aliphatic heterocycles. The van der Waals surface area contributed by atoms with Gasteiger partial charge in [-0.25, -0.2) is 4.79 Å². The van der Waals surface area contributed by atoms with Crippen molar-refractivity contribution in [2.45, 2.75) is 6.42 Å². The molecule has 1 aliphatic rings. The first-order chi connectivity index (χ1) is 6.88. The minimum absolute atomic E-state index is 0.619. The first-order valence-electron chi connectivity index (χ1n) is 4.48. The van der Waals surface area contributed by atoms with Gasteiger partial charge in [-0.05, 0) is 23.8 Å². The molecule has 0 amide bonds. The number of hydrogen-bond acceptors (Lipinski definition) is 2. The number of benzene rings is 1. The third kappa shape index (κ3) is 0.845. The van der Waals surface area contributed by atoms with Crippen LogP contribution in [-0.2, 0) is 11.2 Å².